The topological polar surface area (TPSA) is 73.5 Å². The maximum Gasteiger partial charge on any atom is 0.416 e. The summed E-state index contributed by atoms with van der Waals surface area (Å²) in [4.78, 5) is 24.8. The number of H-pyrrole nitrogens is 1. The SMILES string of the molecule is CCN1CCN(Cc2ccc(NC(=O)c3cccc(/C=C/c4cnc5[nH]ccc5c4OC)c3)cc2C(F)(F)F)CC1. The summed E-state index contributed by atoms with van der Waals surface area (Å²) in [5.74, 6) is 0.179. The summed E-state index contributed by atoms with van der Waals surface area (Å²) in [7, 11) is 1.59. The molecule has 1 saturated heterocycles. The van der Waals surface area contributed by atoms with Gasteiger partial charge >= 0.3 is 6.18 Å². The number of nitrogens with one attached hydrogen (secondary N) is 2. The Morgan fingerprint density at radius 2 is 1.85 bits per heavy atom. The van der Waals surface area contributed by atoms with Crippen LogP contribution in [0.3, 0.4) is 0 Å². The van der Waals surface area contributed by atoms with E-state index >= 15 is 0 Å². The molecule has 0 atom stereocenters. The number of fused-ring (bicyclic) bond motifs is 1. The van der Waals surface area contributed by atoms with Gasteiger partial charge in [-0.2, -0.15) is 13.2 Å². The number of pyridine rings is 1. The standard InChI is InChI=1S/C31H32F3N5O2/c1-3-38-13-15-39(16-14-38)20-24-9-10-25(18-27(24)31(32,33)34)37-30(40)22-6-4-5-21(17-22)7-8-23-19-36-29-26(11-12-35-29)28(23)41-2/h4-12,17-19H,3,13-16,20H2,1-2H3,(H,35,36)(H,37,40)/b8-7+. The van der Waals surface area contributed by atoms with Gasteiger partial charge in [-0.15, -0.1) is 0 Å². The van der Waals surface area contributed by atoms with E-state index in [9.17, 15) is 18.0 Å². The number of ether oxygens (including phenoxy) is 1. The van der Waals surface area contributed by atoms with Gasteiger partial charge in [-0.25, -0.2) is 4.98 Å². The van der Waals surface area contributed by atoms with Gasteiger partial charge in [-0.1, -0.05) is 31.2 Å². The highest BCUT2D eigenvalue weighted by Crippen LogP contribution is 2.35. The van der Waals surface area contributed by atoms with Crippen LogP contribution in [-0.4, -0.2) is 65.5 Å². The maximum absolute atomic E-state index is 14.0. The number of piperazine rings is 1. The van der Waals surface area contributed by atoms with Crippen LogP contribution in [0.5, 0.6) is 5.75 Å². The summed E-state index contributed by atoms with van der Waals surface area (Å²) in [6.45, 7) is 6.35. The summed E-state index contributed by atoms with van der Waals surface area (Å²) < 4.78 is 47.6. The molecule has 1 amide bonds. The summed E-state index contributed by atoms with van der Waals surface area (Å²) in [6, 6.07) is 12.8. The average molecular weight is 564 g/mol. The van der Waals surface area contributed by atoms with E-state index < -0.39 is 17.6 Å². The summed E-state index contributed by atoms with van der Waals surface area (Å²) in [6.07, 6.45) is 2.61. The van der Waals surface area contributed by atoms with Gasteiger partial charge in [0.15, 0.2) is 0 Å². The van der Waals surface area contributed by atoms with Crippen LogP contribution in [0, 0.1) is 0 Å². The number of benzene rings is 2. The highest BCUT2D eigenvalue weighted by atomic mass is 19.4. The van der Waals surface area contributed by atoms with Crippen LogP contribution < -0.4 is 10.1 Å². The Kier molecular flexibility index (Phi) is 8.41. The lowest BCUT2D eigenvalue weighted by atomic mass is 10.0. The van der Waals surface area contributed by atoms with Gasteiger partial charge in [0.05, 0.1) is 18.1 Å². The predicted octanol–water partition coefficient (Wildman–Crippen LogP) is 6.15. The molecule has 0 spiro atoms. The summed E-state index contributed by atoms with van der Waals surface area (Å²) in [5, 5.41) is 3.49. The van der Waals surface area contributed by atoms with Crippen LogP contribution >= 0.6 is 0 Å². The number of nitrogens with zero attached hydrogens (tertiary/aromatic N) is 3. The number of rotatable bonds is 8. The molecule has 214 valence electrons. The molecular formula is C31H32F3N5O2. The number of aromatic nitrogens is 2. The minimum absolute atomic E-state index is 0.0958. The van der Waals surface area contributed by atoms with Crippen LogP contribution in [0.1, 0.15) is 39.5 Å². The first-order valence-electron chi connectivity index (χ1n) is 13.5. The van der Waals surface area contributed by atoms with E-state index in [4.69, 9.17) is 4.74 Å². The first-order valence-corrected chi connectivity index (χ1v) is 13.5. The number of likely N-dealkylation sites (N-methyl/N-ethyl adjacent to an activating group) is 1. The van der Waals surface area contributed by atoms with Gasteiger partial charge in [-0.3, -0.25) is 9.69 Å². The fourth-order valence-corrected chi connectivity index (χ4v) is 5.08. The monoisotopic (exact) mass is 563 g/mol. The van der Waals surface area contributed by atoms with Crippen molar-refractivity contribution in [2.45, 2.75) is 19.6 Å². The molecule has 4 aromatic rings. The first-order chi connectivity index (χ1) is 19.7. The molecule has 1 fully saturated rings. The number of methoxy groups -OCH3 is 1. The molecular weight excluding hydrogens is 531 g/mol. The Bertz CT molecular complexity index is 1560. The molecule has 0 aliphatic carbocycles. The normalized spacial score (nSPS) is 15.0. The number of carbonyl (C=O) groups is 1. The van der Waals surface area contributed by atoms with Crippen LogP contribution in [0.25, 0.3) is 23.2 Å². The molecule has 3 heterocycles. The van der Waals surface area contributed by atoms with E-state index in [0.29, 0.717) is 17.0 Å². The van der Waals surface area contributed by atoms with Crippen molar-refractivity contribution in [3.05, 3.63) is 88.7 Å². The number of alkyl halides is 3. The number of hydrogen-bond donors (Lipinski definition) is 2. The van der Waals surface area contributed by atoms with Crippen molar-refractivity contribution in [1.82, 2.24) is 19.8 Å². The molecule has 2 aromatic heterocycles. The minimum Gasteiger partial charge on any atom is -0.495 e. The Morgan fingerprint density at radius 1 is 1.07 bits per heavy atom. The Balaban J connectivity index is 1.31. The van der Waals surface area contributed by atoms with Crippen LogP contribution in [0.15, 0.2) is 60.9 Å². The number of carbonyl (C=O) groups excluding carboxylic acids is 1. The van der Waals surface area contributed by atoms with Gasteiger partial charge in [0, 0.05) is 61.9 Å². The lowest BCUT2D eigenvalue weighted by molar-refractivity contribution is -0.138. The van der Waals surface area contributed by atoms with E-state index in [0.717, 1.165) is 55.3 Å². The molecule has 5 rings (SSSR count). The number of aromatic amines is 1. The van der Waals surface area contributed by atoms with E-state index in [2.05, 4.69) is 27.1 Å². The molecule has 41 heavy (non-hydrogen) atoms. The Labute approximate surface area is 236 Å². The predicted molar refractivity (Wildman–Crippen MR) is 155 cm³/mol. The lowest BCUT2D eigenvalue weighted by Crippen LogP contribution is -2.45. The molecule has 0 saturated carbocycles. The molecule has 1 aliphatic heterocycles. The third-order valence-electron chi connectivity index (χ3n) is 7.35. The van der Waals surface area contributed by atoms with Crippen molar-refractivity contribution in [1.29, 1.82) is 0 Å². The molecule has 10 heteroatoms. The Hall–Kier alpha value is -4.15. The second-order valence-corrected chi connectivity index (χ2v) is 9.98. The van der Waals surface area contributed by atoms with Crippen molar-refractivity contribution >= 4 is 34.8 Å². The smallest absolute Gasteiger partial charge is 0.416 e. The highest BCUT2D eigenvalue weighted by Gasteiger charge is 2.34. The molecule has 0 bridgehead atoms. The zero-order valence-electron chi connectivity index (χ0n) is 23.0. The summed E-state index contributed by atoms with van der Waals surface area (Å²) in [5.41, 5.74) is 2.12. The van der Waals surface area contributed by atoms with E-state index in [1.54, 1.807) is 37.7 Å². The molecule has 1 aliphatic rings. The largest absolute Gasteiger partial charge is 0.495 e. The van der Waals surface area contributed by atoms with Gasteiger partial charge in [0.1, 0.15) is 11.4 Å². The van der Waals surface area contributed by atoms with Crippen molar-refractivity contribution in [3.63, 3.8) is 0 Å². The molecule has 2 N–H and O–H groups in total. The number of hydrogen-bond acceptors (Lipinski definition) is 5. The second kappa shape index (κ2) is 12.2. The number of amides is 1. The van der Waals surface area contributed by atoms with Crippen molar-refractivity contribution in [3.8, 4) is 5.75 Å². The number of anilines is 1. The van der Waals surface area contributed by atoms with Crippen LogP contribution in [-0.2, 0) is 12.7 Å². The van der Waals surface area contributed by atoms with E-state index in [1.165, 1.54) is 12.1 Å². The fourth-order valence-electron chi connectivity index (χ4n) is 5.08. The third-order valence-corrected chi connectivity index (χ3v) is 7.35. The molecule has 7 nitrogen and oxygen atoms in total. The van der Waals surface area contributed by atoms with Gasteiger partial charge < -0.3 is 19.9 Å². The Morgan fingerprint density at radius 3 is 2.59 bits per heavy atom. The zero-order valence-corrected chi connectivity index (χ0v) is 23.0. The van der Waals surface area contributed by atoms with E-state index in [1.807, 2.05) is 29.2 Å². The molecule has 0 unspecified atom stereocenters. The minimum atomic E-state index is -4.54. The lowest BCUT2D eigenvalue weighted by Gasteiger charge is -2.34. The van der Waals surface area contributed by atoms with Crippen molar-refractivity contribution < 1.29 is 22.7 Å². The van der Waals surface area contributed by atoms with Crippen molar-refractivity contribution in [2.75, 3.05) is 45.2 Å². The average Bonchev–Trinajstić information content (AvgIpc) is 3.45. The second-order valence-electron chi connectivity index (χ2n) is 9.98. The molecule has 2 aromatic carbocycles. The first kappa shape index (κ1) is 28.4. The fraction of sp³-hybridized carbons (Fsp3) is 0.290. The summed E-state index contributed by atoms with van der Waals surface area (Å²) >= 11 is 0. The maximum atomic E-state index is 14.0. The quantitative estimate of drug-likeness (QED) is 0.269. The third kappa shape index (κ3) is 6.61. The van der Waals surface area contributed by atoms with Crippen LogP contribution in [0.2, 0.25) is 0 Å². The van der Waals surface area contributed by atoms with Gasteiger partial charge in [-0.05, 0) is 54.1 Å². The zero-order chi connectivity index (χ0) is 29.0. The molecule has 0 radical (unpaired) electrons. The van der Waals surface area contributed by atoms with Gasteiger partial charge in [0.25, 0.3) is 5.91 Å². The highest BCUT2D eigenvalue weighted by molar-refractivity contribution is 6.04. The van der Waals surface area contributed by atoms with E-state index in [-0.39, 0.29) is 17.8 Å². The number of halogens is 3. The van der Waals surface area contributed by atoms with Gasteiger partial charge in [0.2, 0.25) is 0 Å². The van der Waals surface area contributed by atoms with Crippen LogP contribution in [0.4, 0.5) is 18.9 Å². The van der Waals surface area contributed by atoms with Crippen molar-refractivity contribution in [2.24, 2.45) is 0 Å².